The molecule has 0 fully saturated rings. The van der Waals surface area contributed by atoms with Crippen molar-refractivity contribution in [2.75, 3.05) is 0 Å². The van der Waals surface area contributed by atoms with Gasteiger partial charge in [0, 0.05) is 24.8 Å². The molecule has 1 amide bonds. The quantitative estimate of drug-likeness (QED) is 0.538. The summed E-state index contributed by atoms with van der Waals surface area (Å²) in [6.07, 6.45) is 7.44. The van der Waals surface area contributed by atoms with E-state index < -0.39 is 11.5 Å². The van der Waals surface area contributed by atoms with Gasteiger partial charge in [-0.25, -0.2) is 15.0 Å². The van der Waals surface area contributed by atoms with Crippen LogP contribution in [0.15, 0.2) is 54.0 Å². The maximum absolute atomic E-state index is 12.4. The molecule has 0 saturated carbocycles. The molecular weight excluding hydrogens is 336 g/mol. The number of amides is 1. The first-order valence-electron chi connectivity index (χ1n) is 7.64. The van der Waals surface area contributed by atoms with Gasteiger partial charge in [-0.3, -0.25) is 24.1 Å². The van der Waals surface area contributed by atoms with Crippen molar-refractivity contribution in [2.24, 2.45) is 0 Å². The number of carbonyl (C=O) groups excluding carboxylic acids is 1. The fourth-order valence-corrected chi connectivity index (χ4v) is 2.35. The second kappa shape index (κ2) is 6.51. The molecule has 0 aliphatic carbocycles. The van der Waals surface area contributed by atoms with Gasteiger partial charge in [0.15, 0.2) is 0 Å². The van der Waals surface area contributed by atoms with Crippen LogP contribution in [0.2, 0.25) is 0 Å². The summed E-state index contributed by atoms with van der Waals surface area (Å²) in [5, 5.41) is 9.36. The van der Waals surface area contributed by atoms with Gasteiger partial charge in [-0.2, -0.15) is 5.10 Å². The lowest BCUT2D eigenvalue weighted by Crippen LogP contribution is -2.31. The molecule has 4 heterocycles. The topological polar surface area (TPSA) is 131 Å². The van der Waals surface area contributed by atoms with Crippen molar-refractivity contribution in [1.29, 1.82) is 0 Å². The number of aromatic nitrogens is 7. The van der Waals surface area contributed by atoms with Crippen molar-refractivity contribution < 1.29 is 4.79 Å². The molecule has 0 aromatic carbocycles. The number of aromatic amines is 1. The monoisotopic (exact) mass is 348 g/mol. The fraction of sp³-hybridized carbons (Fsp3) is 0.0625. The molecule has 26 heavy (non-hydrogen) atoms. The minimum Gasteiger partial charge on any atom is -0.345 e. The lowest BCUT2D eigenvalue weighted by molar-refractivity contribution is 0.0948. The summed E-state index contributed by atoms with van der Waals surface area (Å²) in [7, 11) is 0. The van der Waals surface area contributed by atoms with E-state index in [4.69, 9.17) is 0 Å². The van der Waals surface area contributed by atoms with Crippen LogP contribution in [0.4, 0.5) is 0 Å². The van der Waals surface area contributed by atoms with Gasteiger partial charge in [-0.05, 0) is 12.1 Å². The Labute approximate surface area is 146 Å². The van der Waals surface area contributed by atoms with E-state index >= 15 is 0 Å². The third kappa shape index (κ3) is 2.90. The summed E-state index contributed by atoms with van der Waals surface area (Å²) in [6, 6.07) is 5.14. The van der Waals surface area contributed by atoms with E-state index in [1.54, 1.807) is 30.6 Å². The lowest BCUT2D eigenvalue weighted by atomic mass is 10.3. The van der Waals surface area contributed by atoms with Gasteiger partial charge in [0.25, 0.3) is 11.5 Å². The molecule has 4 aromatic heterocycles. The highest BCUT2D eigenvalue weighted by atomic mass is 16.2. The van der Waals surface area contributed by atoms with Crippen molar-refractivity contribution in [1.82, 2.24) is 39.9 Å². The maximum Gasteiger partial charge on any atom is 0.270 e. The summed E-state index contributed by atoms with van der Waals surface area (Å²) >= 11 is 0. The molecule has 2 N–H and O–H groups in total. The third-order valence-corrected chi connectivity index (χ3v) is 3.60. The first kappa shape index (κ1) is 15.6. The van der Waals surface area contributed by atoms with Crippen LogP contribution in [0.1, 0.15) is 16.2 Å². The van der Waals surface area contributed by atoms with Crippen molar-refractivity contribution in [2.45, 2.75) is 6.54 Å². The molecule has 0 aliphatic rings. The highest BCUT2D eigenvalue weighted by Crippen LogP contribution is 2.08. The molecule has 0 saturated heterocycles. The second-order valence-electron chi connectivity index (χ2n) is 5.28. The van der Waals surface area contributed by atoms with Crippen molar-refractivity contribution in [3.05, 3.63) is 70.9 Å². The number of H-pyrrole nitrogens is 1. The summed E-state index contributed by atoms with van der Waals surface area (Å²) in [5.41, 5.74) is 0.490. The van der Waals surface area contributed by atoms with Crippen LogP contribution in [-0.4, -0.2) is 40.4 Å². The summed E-state index contributed by atoms with van der Waals surface area (Å²) in [6.45, 7) is 0.0724. The van der Waals surface area contributed by atoms with E-state index in [1.165, 1.54) is 23.0 Å². The number of pyridine rings is 1. The van der Waals surface area contributed by atoms with Crippen molar-refractivity contribution in [3.63, 3.8) is 0 Å². The Morgan fingerprint density at radius 1 is 1.19 bits per heavy atom. The van der Waals surface area contributed by atoms with Gasteiger partial charge in [0.05, 0.1) is 12.7 Å². The van der Waals surface area contributed by atoms with E-state index in [-0.39, 0.29) is 12.1 Å². The molecule has 128 valence electrons. The Hall–Kier alpha value is -3.95. The largest absolute Gasteiger partial charge is 0.345 e. The molecule has 4 aromatic rings. The van der Waals surface area contributed by atoms with Crippen LogP contribution in [0.25, 0.3) is 17.2 Å². The Balaban J connectivity index is 1.50. The Kier molecular flexibility index (Phi) is 3.90. The first-order chi connectivity index (χ1) is 12.7. The highest BCUT2D eigenvalue weighted by Gasteiger charge is 2.14. The van der Waals surface area contributed by atoms with Crippen LogP contribution in [0, 0.1) is 0 Å². The Morgan fingerprint density at radius 3 is 2.96 bits per heavy atom. The minimum absolute atomic E-state index is 0.0534. The number of nitrogens with one attached hydrogen (secondary N) is 2. The van der Waals surface area contributed by atoms with Crippen LogP contribution < -0.4 is 10.9 Å². The van der Waals surface area contributed by atoms with Crippen LogP contribution >= 0.6 is 0 Å². The summed E-state index contributed by atoms with van der Waals surface area (Å²) < 4.78 is 1.32. The molecule has 10 heteroatoms. The average molecular weight is 348 g/mol. The van der Waals surface area contributed by atoms with E-state index in [0.29, 0.717) is 23.0 Å². The van der Waals surface area contributed by atoms with Gasteiger partial charge < -0.3 is 5.32 Å². The van der Waals surface area contributed by atoms with E-state index in [9.17, 15) is 9.59 Å². The number of rotatable bonds is 4. The molecule has 0 bridgehead atoms. The van der Waals surface area contributed by atoms with Crippen LogP contribution in [-0.2, 0) is 6.54 Å². The molecule has 0 unspecified atom stereocenters. The number of hydrogen-bond donors (Lipinski definition) is 2. The summed E-state index contributed by atoms with van der Waals surface area (Å²) in [4.78, 5) is 41.1. The van der Waals surface area contributed by atoms with Gasteiger partial charge in [-0.1, -0.05) is 6.07 Å². The minimum atomic E-state index is -0.543. The number of hydrogen-bond acceptors (Lipinski definition) is 7. The number of carbonyl (C=O) groups is 1. The second-order valence-corrected chi connectivity index (χ2v) is 5.28. The molecular formula is C16H12N8O2. The van der Waals surface area contributed by atoms with Gasteiger partial charge in [0.1, 0.15) is 22.7 Å². The standard InChI is InChI=1S/C16H12N8O2/c25-15(10-7-19-13-3-1-2-6-24(13)16(10)26)20-9-12-21-14(23-22-12)11-8-17-4-5-18-11/h1-8H,9H2,(H,20,25)(H,21,22,23). The molecule has 0 aliphatic heterocycles. The molecule has 4 rings (SSSR count). The normalized spacial score (nSPS) is 10.8. The van der Waals surface area contributed by atoms with Crippen LogP contribution in [0.3, 0.4) is 0 Å². The molecule has 0 radical (unpaired) electrons. The van der Waals surface area contributed by atoms with Crippen LogP contribution in [0.5, 0.6) is 0 Å². The molecule has 0 atom stereocenters. The van der Waals surface area contributed by atoms with Crippen molar-refractivity contribution in [3.8, 4) is 11.5 Å². The zero-order valence-corrected chi connectivity index (χ0v) is 13.3. The van der Waals surface area contributed by atoms with Gasteiger partial charge in [0.2, 0.25) is 5.82 Å². The number of fused-ring (bicyclic) bond motifs is 1. The van der Waals surface area contributed by atoms with Crippen molar-refractivity contribution >= 4 is 11.6 Å². The maximum atomic E-state index is 12.4. The Morgan fingerprint density at radius 2 is 2.12 bits per heavy atom. The lowest BCUT2D eigenvalue weighted by Gasteiger charge is -2.04. The van der Waals surface area contributed by atoms with Gasteiger partial charge >= 0.3 is 0 Å². The predicted molar refractivity (Wildman–Crippen MR) is 90.0 cm³/mol. The third-order valence-electron chi connectivity index (χ3n) is 3.60. The Bertz CT molecular complexity index is 1140. The smallest absolute Gasteiger partial charge is 0.270 e. The first-order valence-corrected chi connectivity index (χ1v) is 7.64. The average Bonchev–Trinajstić information content (AvgIpc) is 3.16. The zero-order chi connectivity index (χ0) is 17.9. The zero-order valence-electron chi connectivity index (χ0n) is 13.3. The van der Waals surface area contributed by atoms with E-state index in [0.717, 1.165) is 0 Å². The highest BCUT2D eigenvalue weighted by molar-refractivity contribution is 5.93. The fourth-order valence-electron chi connectivity index (χ4n) is 2.35. The molecule has 0 spiro atoms. The SMILES string of the molecule is O=C(NCc1nc(-c2cnccn2)n[nH]1)c1cnc2ccccn2c1=O. The predicted octanol–water partition coefficient (Wildman–Crippen LogP) is 0.200. The van der Waals surface area contributed by atoms with Gasteiger partial charge in [-0.15, -0.1) is 0 Å². The van der Waals surface area contributed by atoms with E-state index in [2.05, 4.69) is 35.5 Å². The molecule has 10 nitrogen and oxygen atoms in total. The summed E-state index contributed by atoms with van der Waals surface area (Å²) in [5.74, 6) is 0.251. The van der Waals surface area contributed by atoms with E-state index in [1.807, 2.05) is 0 Å². The number of nitrogens with zero attached hydrogens (tertiary/aromatic N) is 6.